The van der Waals surface area contributed by atoms with E-state index in [0.717, 1.165) is 34.4 Å². The van der Waals surface area contributed by atoms with E-state index in [-0.39, 0.29) is 0 Å². The number of nitrogens with two attached hydrogens (primary N) is 1. The van der Waals surface area contributed by atoms with Gasteiger partial charge in [0.2, 0.25) is 0 Å². The van der Waals surface area contributed by atoms with Gasteiger partial charge in [-0.05, 0) is 31.0 Å². The van der Waals surface area contributed by atoms with Gasteiger partial charge in [-0.15, -0.1) is 0 Å². The molecule has 1 aromatic rings. The molecule has 96 valence electrons. The van der Waals surface area contributed by atoms with Crippen LogP contribution in [0.5, 0.6) is 5.75 Å². The second-order valence-electron chi connectivity index (χ2n) is 3.88. The van der Waals surface area contributed by atoms with Gasteiger partial charge in [0.05, 0.1) is 6.61 Å². The topological polar surface area (TPSA) is 44.5 Å². The summed E-state index contributed by atoms with van der Waals surface area (Å²) in [5.74, 6) is 0.885. The van der Waals surface area contributed by atoms with Crippen LogP contribution >= 0.6 is 15.9 Å². The number of hydrogen-bond donors (Lipinski definition) is 1. The van der Waals surface area contributed by atoms with Crippen molar-refractivity contribution in [1.29, 1.82) is 0 Å². The first-order chi connectivity index (χ1) is 8.19. The standard InChI is InChI=1S/C13H20BrNO2/c1-3-4-16-5-6-17-13-10(2)7-12(14)8-11(13)9-15/h7-8H,3-6,9,15H2,1-2H3. The van der Waals surface area contributed by atoms with Gasteiger partial charge >= 0.3 is 0 Å². The zero-order valence-corrected chi connectivity index (χ0v) is 12.0. The zero-order chi connectivity index (χ0) is 12.7. The van der Waals surface area contributed by atoms with Gasteiger partial charge in [-0.25, -0.2) is 0 Å². The molecule has 0 spiro atoms. The lowest BCUT2D eigenvalue weighted by atomic mass is 10.1. The van der Waals surface area contributed by atoms with Crippen molar-refractivity contribution >= 4 is 15.9 Å². The van der Waals surface area contributed by atoms with Gasteiger partial charge in [0, 0.05) is 23.2 Å². The Labute approximate surface area is 111 Å². The highest BCUT2D eigenvalue weighted by atomic mass is 79.9. The maximum absolute atomic E-state index is 5.73. The minimum atomic E-state index is 0.478. The van der Waals surface area contributed by atoms with Crippen molar-refractivity contribution in [2.45, 2.75) is 26.8 Å². The second-order valence-corrected chi connectivity index (χ2v) is 4.79. The van der Waals surface area contributed by atoms with Crippen molar-refractivity contribution in [2.75, 3.05) is 19.8 Å². The first-order valence-corrected chi connectivity index (χ1v) is 6.68. The summed E-state index contributed by atoms with van der Waals surface area (Å²) in [4.78, 5) is 0. The number of rotatable bonds is 7. The van der Waals surface area contributed by atoms with Crippen molar-refractivity contribution in [1.82, 2.24) is 0 Å². The van der Waals surface area contributed by atoms with E-state index in [1.807, 2.05) is 19.1 Å². The average molecular weight is 302 g/mol. The number of aryl methyl sites for hydroxylation is 1. The van der Waals surface area contributed by atoms with Crippen LogP contribution in [0.3, 0.4) is 0 Å². The molecule has 0 saturated heterocycles. The molecule has 0 radical (unpaired) electrons. The first kappa shape index (κ1) is 14.5. The van der Waals surface area contributed by atoms with Crippen molar-refractivity contribution in [2.24, 2.45) is 5.73 Å². The Hall–Kier alpha value is -0.580. The van der Waals surface area contributed by atoms with E-state index in [2.05, 4.69) is 22.9 Å². The van der Waals surface area contributed by atoms with Crippen LogP contribution in [0, 0.1) is 6.92 Å². The van der Waals surface area contributed by atoms with Gasteiger partial charge < -0.3 is 15.2 Å². The SMILES string of the molecule is CCCOCCOc1c(C)cc(Br)cc1CN. The molecule has 1 rings (SSSR count). The Morgan fingerprint density at radius 2 is 2.00 bits per heavy atom. The predicted octanol–water partition coefficient (Wildman–Crippen LogP) is 3.02. The van der Waals surface area contributed by atoms with E-state index < -0.39 is 0 Å². The van der Waals surface area contributed by atoms with Crippen LogP contribution in [-0.2, 0) is 11.3 Å². The maximum atomic E-state index is 5.73. The molecule has 0 amide bonds. The van der Waals surface area contributed by atoms with Crippen molar-refractivity contribution in [3.8, 4) is 5.75 Å². The van der Waals surface area contributed by atoms with Crippen LogP contribution in [0.4, 0.5) is 0 Å². The molecule has 0 unspecified atom stereocenters. The number of hydrogen-bond acceptors (Lipinski definition) is 3. The lowest BCUT2D eigenvalue weighted by molar-refractivity contribution is 0.100. The molecule has 0 aliphatic rings. The Bertz CT molecular complexity index is 356. The minimum absolute atomic E-state index is 0.478. The largest absolute Gasteiger partial charge is 0.491 e. The molecule has 0 fully saturated rings. The Morgan fingerprint density at radius 1 is 1.24 bits per heavy atom. The quantitative estimate of drug-likeness (QED) is 0.787. The van der Waals surface area contributed by atoms with Gasteiger partial charge in [-0.1, -0.05) is 22.9 Å². The van der Waals surface area contributed by atoms with E-state index in [0.29, 0.717) is 19.8 Å². The van der Waals surface area contributed by atoms with Crippen LogP contribution in [0.1, 0.15) is 24.5 Å². The molecule has 1 aromatic carbocycles. The van der Waals surface area contributed by atoms with E-state index >= 15 is 0 Å². The normalized spacial score (nSPS) is 10.6. The molecule has 4 heteroatoms. The molecular formula is C13H20BrNO2. The third kappa shape index (κ3) is 4.66. The second kappa shape index (κ2) is 7.69. The highest BCUT2D eigenvalue weighted by molar-refractivity contribution is 9.10. The highest BCUT2D eigenvalue weighted by Crippen LogP contribution is 2.27. The molecule has 0 aliphatic heterocycles. The van der Waals surface area contributed by atoms with Gasteiger partial charge in [-0.2, -0.15) is 0 Å². The maximum Gasteiger partial charge on any atom is 0.126 e. The molecule has 17 heavy (non-hydrogen) atoms. The minimum Gasteiger partial charge on any atom is -0.491 e. The monoisotopic (exact) mass is 301 g/mol. The van der Waals surface area contributed by atoms with E-state index in [4.69, 9.17) is 15.2 Å². The van der Waals surface area contributed by atoms with Crippen LogP contribution in [0.15, 0.2) is 16.6 Å². The van der Waals surface area contributed by atoms with Crippen molar-refractivity contribution in [3.05, 3.63) is 27.7 Å². The van der Waals surface area contributed by atoms with Crippen molar-refractivity contribution < 1.29 is 9.47 Å². The molecule has 2 N–H and O–H groups in total. The summed E-state index contributed by atoms with van der Waals surface area (Å²) in [6.07, 6.45) is 1.03. The fourth-order valence-electron chi connectivity index (χ4n) is 1.61. The fraction of sp³-hybridized carbons (Fsp3) is 0.538. The average Bonchev–Trinajstić information content (AvgIpc) is 2.30. The Balaban J connectivity index is 2.57. The van der Waals surface area contributed by atoms with Crippen LogP contribution in [0.25, 0.3) is 0 Å². The van der Waals surface area contributed by atoms with E-state index in [1.54, 1.807) is 0 Å². The smallest absolute Gasteiger partial charge is 0.126 e. The summed E-state index contributed by atoms with van der Waals surface area (Å²) in [5.41, 5.74) is 7.82. The summed E-state index contributed by atoms with van der Waals surface area (Å²) < 4.78 is 12.1. The summed E-state index contributed by atoms with van der Waals surface area (Å²) in [6.45, 7) is 6.55. The van der Waals surface area contributed by atoms with Crippen LogP contribution < -0.4 is 10.5 Å². The number of halogens is 1. The third-order valence-corrected chi connectivity index (χ3v) is 2.82. The van der Waals surface area contributed by atoms with Gasteiger partial charge in [0.1, 0.15) is 12.4 Å². The predicted molar refractivity (Wildman–Crippen MR) is 73.4 cm³/mol. The fourth-order valence-corrected chi connectivity index (χ4v) is 2.23. The van der Waals surface area contributed by atoms with Crippen molar-refractivity contribution in [3.63, 3.8) is 0 Å². The zero-order valence-electron chi connectivity index (χ0n) is 10.5. The Morgan fingerprint density at radius 3 is 2.65 bits per heavy atom. The highest BCUT2D eigenvalue weighted by Gasteiger charge is 2.07. The summed E-state index contributed by atoms with van der Waals surface area (Å²) in [6, 6.07) is 4.02. The number of ether oxygens (including phenoxy) is 2. The molecular weight excluding hydrogens is 282 g/mol. The molecule has 3 nitrogen and oxygen atoms in total. The van der Waals surface area contributed by atoms with Gasteiger partial charge in [0.25, 0.3) is 0 Å². The first-order valence-electron chi connectivity index (χ1n) is 5.88. The molecule has 0 aliphatic carbocycles. The van der Waals surface area contributed by atoms with Gasteiger partial charge in [0.15, 0.2) is 0 Å². The van der Waals surface area contributed by atoms with Crippen LogP contribution in [0.2, 0.25) is 0 Å². The molecule has 0 atom stereocenters. The number of benzene rings is 1. The Kier molecular flexibility index (Phi) is 6.55. The lowest BCUT2D eigenvalue weighted by Gasteiger charge is -2.14. The van der Waals surface area contributed by atoms with Gasteiger partial charge in [-0.3, -0.25) is 0 Å². The lowest BCUT2D eigenvalue weighted by Crippen LogP contribution is -2.10. The molecule has 0 saturated carbocycles. The van der Waals surface area contributed by atoms with E-state index in [9.17, 15) is 0 Å². The van der Waals surface area contributed by atoms with Crippen LogP contribution in [-0.4, -0.2) is 19.8 Å². The third-order valence-electron chi connectivity index (χ3n) is 2.36. The van der Waals surface area contributed by atoms with E-state index in [1.165, 1.54) is 0 Å². The molecule has 0 heterocycles. The molecule has 0 aromatic heterocycles. The molecule has 0 bridgehead atoms. The summed E-state index contributed by atoms with van der Waals surface area (Å²) in [5, 5.41) is 0. The summed E-state index contributed by atoms with van der Waals surface area (Å²) in [7, 11) is 0. The summed E-state index contributed by atoms with van der Waals surface area (Å²) >= 11 is 3.45.